The summed E-state index contributed by atoms with van der Waals surface area (Å²) in [6.45, 7) is 0. The summed E-state index contributed by atoms with van der Waals surface area (Å²) in [5.41, 5.74) is 13.9. The van der Waals surface area contributed by atoms with Gasteiger partial charge in [0, 0.05) is 11.6 Å². The third-order valence-corrected chi connectivity index (χ3v) is 5.89. The molecule has 5 rings (SSSR count). The maximum absolute atomic E-state index is 6.64. The van der Waals surface area contributed by atoms with Gasteiger partial charge in [0.15, 0.2) is 0 Å². The summed E-state index contributed by atoms with van der Waals surface area (Å²) in [5.74, 6) is 0.344. The average Bonchev–Trinajstić information content (AvgIpc) is 3.02. The van der Waals surface area contributed by atoms with Crippen molar-refractivity contribution in [2.24, 2.45) is 5.73 Å². The third kappa shape index (κ3) is 1.91. The average molecular weight is 335 g/mol. The predicted octanol–water partition coefficient (Wildman–Crippen LogP) is 5.29. The van der Waals surface area contributed by atoms with Crippen molar-refractivity contribution < 1.29 is 0 Å². The Morgan fingerprint density at radius 3 is 1.96 bits per heavy atom. The second-order valence-electron chi connectivity index (χ2n) is 7.13. The van der Waals surface area contributed by atoms with Crippen molar-refractivity contribution in [3.63, 3.8) is 0 Å². The standard InChI is InChI=1S/C25H21N/c26-23-17-9-15-21-20-14-7-8-16-22(20)25(24(21)23,18-10-3-1-4-11-18)19-12-5-2-6-13-19/h1-14,16-17,21H,15,26H2. The largest absolute Gasteiger partial charge is 0.399 e. The van der Waals surface area contributed by atoms with Crippen LogP contribution in [0, 0.1) is 0 Å². The Morgan fingerprint density at radius 1 is 0.731 bits per heavy atom. The summed E-state index contributed by atoms with van der Waals surface area (Å²) in [7, 11) is 0. The van der Waals surface area contributed by atoms with Gasteiger partial charge in [0.25, 0.3) is 0 Å². The lowest BCUT2D eigenvalue weighted by atomic mass is 9.65. The second-order valence-corrected chi connectivity index (χ2v) is 7.13. The summed E-state index contributed by atoms with van der Waals surface area (Å²) in [5, 5.41) is 0. The van der Waals surface area contributed by atoms with Gasteiger partial charge in [-0.15, -0.1) is 0 Å². The van der Waals surface area contributed by atoms with E-state index in [9.17, 15) is 0 Å². The van der Waals surface area contributed by atoms with Gasteiger partial charge >= 0.3 is 0 Å². The first-order chi connectivity index (χ1) is 12.8. The minimum atomic E-state index is -0.321. The molecule has 126 valence electrons. The van der Waals surface area contributed by atoms with Crippen LogP contribution in [0.3, 0.4) is 0 Å². The van der Waals surface area contributed by atoms with Crippen LogP contribution in [0.25, 0.3) is 0 Å². The molecule has 0 heterocycles. The lowest BCUT2D eigenvalue weighted by Gasteiger charge is -2.36. The van der Waals surface area contributed by atoms with Crippen molar-refractivity contribution >= 4 is 0 Å². The molecule has 0 aliphatic heterocycles. The van der Waals surface area contributed by atoms with Crippen molar-refractivity contribution in [3.8, 4) is 0 Å². The summed E-state index contributed by atoms with van der Waals surface area (Å²) in [4.78, 5) is 0. The van der Waals surface area contributed by atoms with E-state index in [2.05, 4.69) is 97.1 Å². The highest BCUT2D eigenvalue weighted by Crippen LogP contribution is 2.59. The molecular formula is C25H21N. The molecule has 2 aliphatic carbocycles. The molecule has 1 unspecified atom stereocenters. The SMILES string of the molecule is NC1=C2C(CC=C1)c1ccccc1C2(c1ccccc1)c1ccccc1. The Hall–Kier alpha value is -3.06. The van der Waals surface area contributed by atoms with E-state index in [-0.39, 0.29) is 5.41 Å². The lowest BCUT2D eigenvalue weighted by molar-refractivity contribution is 0.681. The molecule has 3 aromatic rings. The molecule has 1 atom stereocenters. The van der Waals surface area contributed by atoms with Gasteiger partial charge in [-0.3, -0.25) is 0 Å². The summed E-state index contributed by atoms with van der Waals surface area (Å²) in [6, 6.07) is 30.5. The van der Waals surface area contributed by atoms with E-state index in [1.807, 2.05) is 0 Å². The normalized spacial score (nSPS) is 19.9. The van der Waals surface area contributed by atoms with E-state index >= 15 is 0 Å². The third-order valence-electron chi connectivity index (χ3n) is 5.89. The van der Waals surface area contributed by atoms with Gasteiger partial charge in [0.1, 0.15) is 0 Å². The molecule has 2 N–H and O–H groups in total. The topological polar surface area (TPSA) is 26.0 Å². The highest BCUT2D eigenvalue weighted by molar-refractivity contribution is 5.70. The molecule has 0 bridgehead atoms. The molecule has 0 radical (unpaired) electrons. The molecule has 0 amide bonds. The molecule has 0 aromatic heterocycles. The number of hydrogen-bond acceptors (Lipinski definition) is 1. The van der Waals surface area contributed by atoms with Crippen LogP contribution in [0.1, 0.15) is 34.6 Å². The number of allylic oxidation sites excluding steroid dienone is 3. The Morgan fingerprint density at radius 2 is 1.31 bits per heavy atom. The first-order valence-electron chi connectivity index (χ1n) is 9.20. The van der Waals surface area contributed by atoms with Crippen LogP contribution >= 0.6 is 0 Å². The zero-order chi connectivity index (χ0) is 17.6. The number of hydrogen-bond donors (Lipinski definition) is 1. The van der Waals surface area contributed by atoms with Gasteiger partial charge < -0.3 is 5.73 Å². The van der Waals surface area contributed by atoms with Crippen LogP contribution < -0.4 is 5.73 Å². The maximum atomic E-state index is 6.64. The van der Waals surface area contributed by atoms with Crippen LogP contribution in [0.2, 0.25) is 0 Å². The zero-order valence-electron chi connectivity index (χ0n) is 14.6. The minimum Gasteiger partial charge on any atom is -0.399 e. The van der Waals surface area contributed by atoms with E-state index in [0.717, 1.165) is 12.1 Å². The van der Waals surface area contributed by atoms with E-state index in [4.69, 9.17) is 5.73 Å². The first kappa shape index (κ1) is 15.2. The fourth-order valence-electron chi connectivity index (χ4n) is 4.95. The first-order valence-corrected chi connectivity index (χ1v) is 9.20. The zero-order valence-corrected chi connectivity index (χ0v) is 14.6. The quantitative estimate of drug-likeness (QED) is 0.676. The molecule has 0 saturated heterocycles. The molecule has 0 fully saturated rings. The smallest absolute Gasteiger partial charge is 0.0693 e. The van der Waals surface area contributed by atoms with E-state index < -0.39 is 0 Å². The summed E-state index contributed by atoms with van der Waals surface area (Å²) < 4.78 is 0. The predicted molar refractivity (Wildman–Crippen MR) is 107 cm³/mol. The Balaban J connectivity index is 1.96. The van der Waals surface area contributed by atoms with Crippen LogP contribution in [0.15, 0.2) is 108 Å². The Bertz CT molecular complexity index is 973. The van der Waals surface area contributed by atoms with Crippen molar-refractivity contribution in [2.45, 2.75) is 17.8 Å². The van der Waals surface area contributed by atoms with Crippen molar-refractivity contribution in [2.75, 3.05) is 0 Å². The van der Waals surface area contributed by atoms with Crippen LogP contribution in [0.5, 0.6) is 0 Å². The molecule has 26 heavy (non-hydrogen) atoms. The fraction of sp³-hybridized carbons (Fsp3) is 0.120. The van der Waals surface area contributed by atoms with Gasteiger partial charge in [-0.25, -0.2) is 0 Å². The van der Waals surface area contributed by atoms with Crippen LogP contribution in [0.4, 0.5) is 0 Å². The van der Waals surface area contributed by atoms with E-state index in [1.54, 1.807) is 0 Å². The highest BCUT2D eigenvalue weighted by atomic mass is 14.6. The number of rotatable bonds is 2. The monoisotopic (exact) mass is 335 g/mol. The van der Waals surface area contributed by atoms with Gasteiger partial charge in [-0.05, 0) is 40.3 Å². The van der Waals surface area contributed by atoms with Crippen molar-refractivity contribution in [1.29, 1.82) is 0 Å². The molecule has 1 nitrogen and oxygen atoms in total. The highest BCUT2D eigenvalue weighted by Gasteiger charge is 2.51. The van der Waals surface area contributed by atoms with E-state index in [0.29, 0.717) is 5.92 Å². The van der Waals surface area contributed by atoms with Gasteiger partial charge in [0.2, 0.25) is 0 Å². The van der Waals surface area contributed by atoms with Crippen LogP contribution in [-0.2, 0) is 5.41 Å². The van der Waals surface area contributed by atoms with Crippen molar-refractivity contribution in [3.05, 3.63) is 131 Å². The van der Waals surface area contributed by atoms with Crippen molar-refractivity contribution in [1.82, 2.24) is 0 Å². The fourth-order valence-corrected chi connectivity index (χ4v) is 4.95. The molecule has 0 spiro atoms. The van der Waals surface area contributed by atoms with E-state index in [1.165, 1.54) is 27.8 Å². The maximum Gasteiger partial charge on any atom is 0.0693 e. The Labute approximate surface area is 154 Å². The second kappa shape index (κ2) is 5.74. The molecule has 0 saturated carbocycles. The number of fused-ring (bicyclic) bond motifs is 3. The molecular weight excluding hydrogens is 314 g/mol. The van der Waals surface area contributed by atoms with Gasteiger partial charge in [-0.2, -0.15) is 0 Å². The molecule has 2 aliphatic rings. The lowest BCUT2D eigenvalue weighted by Crippen LogP contribution is -2.32. The van der Waals surface area contributed by atoms with Gasteiger partial charge in [-0.1, -0.05) is 91.0 Å². The number of benzene rings is 3. The minimum absolute atomic E-state index is 0.321. The van der Waals surface area contributed by atoms with Gasteiger partial charge in [0.05, 0.1) is 5.41 Å². The molecule has 1 heteroatoms. The van der Waals surface area contributed by atoms with Crippen LogP contribution in [-0.4, -0.2) is 0 Å². The number of nitrogens with two attached hydrogens (primary N) is 1. The Kier molecular flexibility index (Phi) is 3.36. The molecule has 3 aromatic carbocycles. The summed E-state index contributed by atoms with van der Waals surface area (Å²) in [6.07, 6.45) is 5.32. The summed E-state index contributed by atoms with van der Waals surface area (Å²) >= 11 is 0.